The molecule has 36 heavy (non-hydrogen) atoms. The van der Waals surface area contributed by atoms with Crippen molar-refractivity contribution in [1.29, 1.82) is 5.26 Å². The van der Waals surface area contributed by atoms with Gasteiger partial charge in [0, 0.05) is 8.95 Å². The van der Waals surface area contributed by atoms with Gasteiger partial charge in [0.25, 0.3) is 0 Å². The lowest BCUT2D eigenvalue weighted by Gasteiger charge is -2.37. The van der Waals surface area contributed by atoms with Crippen molar-refractivity contribution in [1.82, 2.24) is 0 Å². The summed E-state index contributed by atoms with van der Waals surface area (Å²) in [5.74, 6) is -4.54. The SMILES string of the molecule is COC(=O)C1=C(C(=O)OC)N(c2c(Br)cc(Br)cc2OC(F)(F)F)C(N)=C(C#N)C1c1ccccc1. The Balaban J connectivity index is 2.49. The van der Waals surface area contributed by atoms with Crippen LogP contribution < -0.4 is 15.4 Å². The first-order valence-corrected chi connectivity index (χ1v) is 11.4. The molecule has 0 fully saturated rings. The fraction of sp³-hybridized carbons (Fsp3) is 0.174. The summed E-state index contributed by atoms with van der Waals surface area (Å²) in [5.41, 5.74) is 5.20. The Labute approximate surface area is 220 Å². The number of rotatable bonds is 5. The molecule has 1 heterocycles. The molecule has 2 N–H and O–H groups in total. The van der Waals surface area contributed by atoms with E-state index < -0.39 is 47.2 Å². The van der Waals surface area contributed by atoms with Gasteiger partial charge in [-0.05, 0) is 33.6 Å². The smallest absolute Gasteiger partial charge is 0.466 e. The second-order valence-corrected chi connectivity index (χ2v) is 8.89. The molecule has 2 aromatic carbocycles. The van der Waals surface area contributed by atoms with Gasteiger partial charge in [-0.15, -0.1) is 13.2 Å². The molecule has 0 amide bonds. The number of nitriles is 1. The number of nitrogens with two attached hydrogens (primary N) is 1. The van der Waals surface area contributed by atoms with Crippen LogP contribution in [0.5, 0.6) is 5.75 Å². The summed E-state index contributed by atoms with van der Waals surface area (Å²) in [5, 5.41) is 10.0. The van der Waals surface area contributed by atoms with Crippen molar-refractivity contribution >= 4 is 49.5 Å². The monoisotopic (exact) mass is 629 g/mol. The average molecular weight is 631 g/mol. The van der Waals surface area contributed by atoms with Crippen LogP contribution in [-0.4, -0.2) is 32.5 Å². The summed E-state index contributed by atoms with van der Waals surface area (Å²) in [4.78, 5) is 27.0. The predicted octanol–water partition coefficient (Wildman–Crippen LogP) is 5.01. The van der Waals surface area contributed by atoms with E-state index in [0.717, 1.165) is 25.2 Å². The molecule has 2 aromatic rings. The number of anilines is 1. The van der Waals surface area contributed by atoms with E-state index in [9.17, 15) is 28.0 Å². The van der Waals surface area contributed by atoms with Crippen molar-refractivity contribution in [2.75, 3.05) is 19.1 Å². The standard InChI is InChI=1S/C23H16Br2F3N3O5/c1-34-21(32)17-16(11-6-4-3-5-7-11)13(10-29)20(30)31(19(17)22(33)35-2)18-14(25)8-12(24)9-15(18)36-23(26,27)28/h3-9,16H,30H2,1-2H3. The summed E-state index contributed by atoms with van der Waals surface area (Å²) in [6.07, 6.45) is -5.13. The highest BCUT2D eigenvalue weighted by Crippen LogP contribution is 2.49. The topological polar surface area (TPSA) is 115 Å². The van der Waals surface area contributed by atoms with Crippen LogP contribution in [0.4, 0.5) is 18.9 Å². The van der Waals surface area contributed by atoms with Crippen molar-refractivity contribution < 1.29 is 37.0 Å². The van der Waals surface area contributed by atoms with Crippen LogP contribution in [0.15, 0.2) is 74.1 Å². The van der Waals surface area contributed by atoms with Gasteiger partial charge in [-0.2, -0.15) is 5.26 Å². The highest BCUT2D eigenvalue weighted by atomic mass is 79.9. The molecule has 0 aromatic heterocycles. The predicted molar refractivity (Wildman–Crippen MR) is 128 cm³/mol. The number of halogens is 5. The highest BCUT2D eigenvalue weighted by Gasteiger charge is 2.45. The molecule has 0 saturated carbocycles. The summed E-state index contributed by atoms with van der Waals surface area (Å²) in [7, 11) is 2.07. The van der Waals surface area contributed by atoms with E-state index in [1.165, 1.54) is 6.07 Å². The maximum Gasteiger partial charge on any atom is 0.573 e. The van der Waals surface area contributed by atoms with E-state index in [2.05, 4.69) is 36.6 Å². The fourth-order valence-electron chi connectivity index (χ4n) is 3.71. The van der Waals surface area contributed by atoms with E-state index in [0.29, 0.717) is 5.56 Å². The van der Waals surface area contributed by atoms with E-state index in [4.69, 9.17) is 15.2 Å². The quantitative estimate of drug-likeness (QED) is 0.459. The van der Waals surface area contributed by atoms with Gasteiger partial charge < -0.3 is 19.9 Å². The van der Waals surface area contributed by atoms with Crippen molar-refractivity contribution in [2.24, 2.45) is 5.73 Å². The molecule has 3 rings (SSSR count). The van der Waals surface area contributed by atoms with Crippen LogP contribution in [0, 0.1) is 11.3 Å². The molecule has 13 heteroatoms. The summed E-state index contributed by atoms with van der Waals surface area (Å²) in [6.45, 7) is 0. The van der Waals surface area contributed by atoms with Crippen molar-refractivity contribution in [3.8, 4) is 11.8 Å². The largest absolute Gasteiger partial charge is 0.573 e. The minimum Gasteiger partial charge on any atom is -0.466 e. The van der Waals surface area contributed by atoms with Crippen molar-refractivity contribution in [3.05, 3.63) is 79.6 Å². The normalized spacial score (nSPS) is 15.9. The highest BCUT2D eigenvalue weighted by molar-refractivity contribution is 9.11. The molecule has 8 nitrogen and oxygen atoms in total. The minimum absolute atomic E-state index is 0.0138. The number of hydrogen-bond acceptors (Lipinski definition) is 8. The number of hydrogen-bond donors (Lipinski definition) is 1. The van der Waals surface area contributed by atoms with Gasteiger partial charge in [0.2, 0.25) is 0 Å². The number of alkyl halides is 3. The van der Waals surface area contributed by atoms with Crippen LogP contribution in [0.3, 0.4) is 0 Å². The maximum atomic E-state index is 13.3. The van der Waals surface area contributed by atoms with Crippen LogP contribution in [0.2, 0.25) is 0 Å². The van der Waals surface area contributed by atoms with Gasteiger partial charge in [-0.25, -0.2) is 9.59 Å². The lowest BCUT2D eigenvalue weighted by Crippen LogP contribution is -2.41. The first-order valence-electron chi connectivity index (χ1n) is 9.85. The van der Waals surface area contributed by atoms with Crippen molar-refractivity contribution in [3.63, 3.8) is 0 Å². The Morgan fingerprint density at radius 1 is 1.08 bits per heavy atom. The number of esters is 2. The Hall–Kier alpha value is -3.50. The number of benzene rings is 2. The second-order valence-electron chi connectivity index (χ2n) is 7.12. The molecule has 0 saturated heterocycles. The van der Waals surface area contributed by atoms with Crippen LogP contribution in [0.25, 0.3) is 0 Å². The maximum absolute atomic E-state index is 13.3. The lowest BCUT2D eigenvalue weighted by molar-refractivity contribution is -0.274. The van der Waals surface area contributed by atoms with E-state index in [1.807, 2.05) is 6.07 Å². The molecular formula is C23H16Br2F3N3O5. The Morgan fingerprint density at radius 2 is 1.69 bits per heavy atom. The number of carbonyl (C=O) groups excluding carboxylic acids is 2. The second kappa shape index (κ2) is 10.6. The Kier molecular flexibility index (Phi) is 8.00. The molecule has 1 atom stereocenters. The molecule has 0 bridgehead atoms. The zero-order valence-electron chi connectivity index (χ0n) is 18.5. The number of allylic oxidation sites excluding steroid dienone is 1. The number of ether oxygens (including phenoxy) is 3. The number of carbonyl (C=O) groups is 2. The third-order valence-electron chi connectivity index (χ3n) is 5.05. The van der Waals surface area contributed by atoms with Crippen LogP contribution in [0.1, 0.15) is 11.5 Å². The minimum atomic E-state index is -5.13. The fourth-order valence-corrected chi connectivity index (χ4v) is 5.07. The van der Waals surface area contributed by atoms with E-state index in [1.54, 1.807) is 30.3 Å². The first-order chi connectivity index (χ1) is 16.9. The third-order valence-corrected chi connectivity index (χ3v) is 6.12. The molecule has 0 radical (unpaired) electrons. The number of methoxy groups -OCH3 is 2. The molecule has 1 aliphatic rings. The lowest BCUT2D eigenvalue weighted by atomic mass is 9.81. The molecule has 1 unspecified atom stereocenters. The molecule has 188 valence electrons. The van der Waals surface area contributed by atoms with Gasteiger partial charge in [0.05, 0.1) is 37.4 Å². The van der Waals surface area contributed by atoms with Gasteiger partial charge >= 0.3 is 18.3 Å². The van der Waals surface area contributed by atoms with Gasteiger partial charge in [-0.1, -0.05) is 46.3 Å². The van der Waals surface area contributed by atoms with Crippen molar-refractivity contribution in [2.45, 2.75) is 12.3 Å². The van der Waals surface area contributed by atoms with Gasteiger partial charge in [0.1, 0.15) is 17.2 Å². The molecule has 1 aliphatic heterocycles. The van der Waals surface area contributed by atoms with Gasteiger partial charge in [0.15, 0.2) is 5.75 Å². The summed E-state index contributed by atoms with van der Waals surface area (Å²) >= 11 is 6.27. The van der Waals surface area contributed by atoms with Crippen LogP contribution in [-0.2, 0) is 19.1 Å². The average Bonchev–Trinajstić information content (AvgIpc) is 2.82. The zero-order chi connectivity index (χ0) is 26.8. The van der Waals surface area contributed by atoms with Gasteiger partial charge in [-0.3, -0.25) is 4.90 Å². The Morgan fingerprint density at radius 3 is 2.22 bits per heavy atom. The summed E-state index contributed by atoms with van der Waals surface area (Å²) in [6, 6.07) is 12.4. The van der Waals surface area contributed by atoms with E-state index >= 15 is 0 Å². The molecule has 0 spiro atoms. The Bertz CT molecular complexity index is 1320. The molecular weight excluding hydrogens is 615 g/mol. The summed E-state index contributed by atoms with van der Waals surface area (Å²) < 4.78 is 54.1. The first kappa shape index (κ1) is 27.1. The van der Waals surface area contributed by atoms with E-state index in [-0.39, 0.29) is 20.1 Å². The van der Waals surface area contributed by atoms with Crippen LogP contribution >= 0.6 is 31.9 Å². The zero-order valence-corrected chi connectivity index (χ0v) is 21.7. The third kappa shape index (κ3) is 5.19. The molecule has 0 aliphatic carbocycles. The number of nitrogens with zero attached hydrogens (tertiary/aromatic N) is 2.